The predicted molar refractivity (Wildman–Crippen MR) is 136 cm³/mol. The first-order valence-electron chi connectivity index (χ1n) is 14.6. The molecule has 9 heteroatoms. The minimum Gasteiger partial charge on any atom is -0.462 e. The lowest BCUT2D eigenvalue weighted by Gasteiger charge is -2.60. The second kappa shape index (κ2) is 8.10. The predicted octanol–water partition coefficient (Wildman–Crippen LogP) is 4.31. The molecule has 2 amide bonds. The Morgan fingerprint density at radius 3 is 2.05 bits per heavy atom. The summed E-state index contributed by atoms with van der Waals surface area (Å²) in [5.41, 5.74) is -1.57. The number of esters is 1. The average molecular weight is 531 g/mol. The number of carbonyl (C=O) groups is 4. The molecule has 0 N–H and O–H groups in total. The van der Waals surface area contributed by atoms with E-state index in [-0.39, 0.29) is 58.5 Å². The third-order valence-electron chi connectivity index (χ3n) is 12.1. The van der Waals surface area contributed by atoms with Gasteiger partial charge in [0.2, 0.25) is 0 Å². The maximum Gasteiger partial charge on any atom is 0.411 e. The van der Waals surface area contributed by atoms with Gasteiger partial charge in [0.1, 0.15) is 11.6 Å². The van der Waals surface area contributed by atoms with Crippen molar-refractivity contribution in [3.8, 4) is 0 Å². The summed E-state index contributed by atoms with van der Waals surface area (Å²) in [6.45, 7) is 11.9. The molecule has 4 aliphatic carbocycles. The number of Topliss-reactive ketones (excluding diaryl/α,β-unsaturated/α-hetero) is 1. The zero-order valence-electron chi connectivity index (χ0n) is 23.6. The molecule has 0 aromatic carbocycles. The number of hydrogen-bond donors (Lipinski definition) is 0. The molecule has 6 aliphatic rings. The molecule has 0 aromatic heterocycles. The Labute approximate surface area is 224 Å². The van der Waals surface area contributed by atoms with E-state index >= 15 is 0 Å². The van der Waals surface area contributed by atoms with Gasteiger partial charge in [-0.3, -0.25) is 19.4 Å². The molecular weight excluding hydrogens is 488 g/mol. The van der Waals surface area contributed by atoms with Gasteiger partial charge in [-0.25, -0.2) is 9.59 Å². The van der Waals surface area contributed by atoms with Crippen LogP contribution in [0.2, 0.25) is 0 Å². The van der Waals surface area contributed by atoms with Crippen LogP contribution >= 0.6 is 0 Å². The van der Waals surface area contributed by atoms with E-state index in [4.69, 9.17) is 14.2 Å². The smallest absolute Gasteiger partial charge is 0.411 e. The summed E-state index contributed by atoms with van der Waals surface area (Å²) in [6, 6.07) is -0.0628. The fourth-order valence-corrected chi connectivity index (χ4v) is 11.0. The lowest BCUT2D eigenvalue weighted by atomic mass is 9.44. The Morgan fingerprint density at radius 1 is 0.816 bits per heavy atom. The van der Waals surface area contributed by atoms with Gasteiger partial charge < -0.3 is 14.2 Å². The Bertz CT molecular complexity index is 1090. The number of piperidine rings is 1. The molecule has 10 atom stereocenters. The first-order chi connectivity index (χ1) is 18.0. The molecule has 0 radical (unpaired) electrons. The number of ether oxygens (including phenoxy) is 3. The quantitative estimate of drug-likeness (QED) is 0.303. The highest BCUT2D eigenvalue weighted by Crippen LogP contribution is 2.78. The van der Waals surface area contributed by atoms with Crippen LogP contribution in [0.1, 0.15) is 86.5 Å². The number of ketones is 1. The maximum absolute atomic E-state index is 13.3. The van der Waals surface area contributed by atoms with Crippen molar-refractivity contribution in [2.24, 2.45) is 28.6 Å². The van der Waals surface area contributed by atoms with Gasteiger partial charge in [-0.15, -0.1) is 0 Å². The van der Waals surface area contributed by atoms with Crippen molar-refractivity contribution >= 4 is 23.9 Å². The minimum absolute atomic E-state index is 0.0415. The summed E-state index contributed by atoms with van der Waals surface area (Å²) >= 11 is 0. The molecule has 4 saturated carbocycles. The van der Waals surface area contributed by atoms with Crippen molar-refractivity contribution in [2.45, 2.75) is 116 Å². The molecular formula is C29H42N2O7. The molecule has 2 heterocycles. The summed E-state index contributed by atoms with van der Waals surface area (Å²) < 4.78 is 16.6. The van der Waals surface area contributed by atoms with Gasteiger partial charge in [0.05, 0.1) is 30.8 Å². The van der Waals surface area contributed by atoms with Crippen molar-refractivity contribution in [3.63, 3.8) is 0 Å². The van der Waals surface area contributed by atoms with Crippen LogP contribution in [-0.4, -0.2) is 76.2 Å². The van der Waals surface area contributed by atoms with Crippen LogP contribution in [-0.2, 0) is 23.8 Å². The van der Waals surface area contributed by atoms with Gasteiger partial charge in [0.15, 0.2) is 5.78 Å². The number of nitrogens with zero attached hydrogens (tertiary/aromatic N) is 2. The van der Waals surface area contributed by atoms with E-state index in [1.165, 1.54) is 6.92 Å². The molecule has 6 rings (SSSR count). The van der Waals surface area contributed by atoms with E-state index in [9.17, 15) is 19.2 Å². The Morgan fingerprint density at radius 2 is 1.45 bits per heavy atom. The number of amides is 2. The van der Waals surface area contributed by atoms with E-state index in [2.05, 4.69) is 13.8 Å². The fraction of sp³-hybridized carbons (Fsp3) is 0.862. The van der Waals surface area contributed by atoms with Crippen LogP contribution in [0, 0.1) is 28.6 Å². The molecule has 0 aromatic rings. The fourth-order valence-electron chi connectivity index (χ4n) is 11.0. The minimum atomic E-state index is -0.776. The first-order valence-corrected chi connectivity index (χ1v) is 14.6. The molecule has 210 valence electrons. The van der Waals surface area contributed by atoms with Gasteiger partial charge in [-0.2, -0.15) is 0 Å². The van der Waals surface area contributed by atoms with Gasteiger partial charge >= 0.3 is 18.2 Å². The summed E-state index contributed by atoms with van der Waals surface area (Å²) in [7, 11) is 0. The molecule has 0 bridgehead atoms. The molecule has 1 spiro atoms. The van der Waals surface area contributed by atoms with Crippen LogP contribution in [0.15, 0.2) is 0 Å². The Balaban J connectivity index is 1.35. The number of fused-ring (bicyclic) bond motifs is 6. The largest absolute Gasteiger partial charge is 0.462 e. The maximum atomic E-state index is 13.3. The average Bonchev–Trinajstić information content (AvgIpc) is 3.67. The highest BCUT2D eigenvalue weighted by atomic mass is 16.6. The van der Waals surface area contributed by atoms with Gasteiger partial charge in [-0.1, -0.05) is 13.8 Å². The number of carbonyl (C=O) groups excluding carboxylic acids is 4. The van der Waals surface area contributed by atoms with Gasteiger partial charge in [0.25, 0.3) is 0 Å². The number of likely N-dealkylation sites (tertiary alicyclic amines) is 2. The Hall–Kier alpha value is -2.32. The highest BCUT2D eigenvalue weighted by molar-refractivity contribution is 5.98. The van der Waals surface area contributed by atoms with E-state index in [1.807, 2.05) is 11.8 Å². The standard InChI is InChI=1S/C29H42N2O7/c1-7-36-24(34)30-22-13-19-20(26(5)11-9-18(38-17(4)33)15-28(22,26)30)10-12-27(6)21(19)14-23-29(27,16(3)32)31(23)25(35)37-8-2/h18-23H,7-15H2,1-6H3/t18-,19?,20?,21?,22?,23+,26+,27-,28?,29+,30?,31?/m0/s1. The number of hydrogen-bond acceptors (Lipinski definition) is 7. The van der Waals surface area contributed by atoms with Crippen LogP contribution in [0.4, 0.5) is 9.59 Å². The molecule has 6 fully saturated rings. The zero-order chi connectivity index (χ0) is 27.4. The molecule has 2 aliphatic heterocycles. The molecule has 2 saturated heterocycles. The van der Waals surface area contributed by atoms with Gasteiger partial charge in [0, 0.05) is 18.8 Å². The van der Waals surface area contributed by atoms with E-state index in [0.29, 0.717) is 37.4 Å². The van der Waals surface area contributed by atoms with Crippen LogP contribution in [0.25, 0.3) is 0 Å². The molecule has 38 heavy (non-hydrogen) atoms. The first kappa shape index (κ1) is 25.9. The van der Waals surface area contributed by atoms with Crippen LogP contribution in [0.5, 0.6) is 0 Å². The lowest BCUT2D eigenvalue weighted by molar-refractivity contribution is -0.157. The monoisotopic (exact) mass is 530 g/mol. The summed E-state index contributed by atoms with van der Waals surface area (Å²) in [6.07, 6.45) is 5.01. The number of rotatable bonds is 4. The van der Waals surface area contributed by atoms with Crippen molar-refractivity contribution in [1.29, 1.82) is 0 Å². The SMILES string of the molecule is CCOC(=O)N1C2CC3C4C[C@H]5N(C(=O)OCC)[C@@]5(C(C)=O)[C@@]4(C)CCC3[C@@]3(C)CC[C@H](OC(C)=O)CC213. The third-order valence-corrected chi connectivity index (χ3v) is 12.1. The van der Waals surface area contributed by atoms with Gasteiger partial charge in [-0.05, 0) is 82.5 Å². The van der Waals surface area contributed by atoms with Crippen LogP contribution in [0.3, 0.4) is 0 Å². The summed E-state index contributed by atoms with van der Waals surface area (Å²) in [4.78, 5) is 54.9. The topological polar surface area (TPSA) is 102 Å². The second-order valence-corrected chi connectivity index (χ2v) is 13.1. The van der Waals surface area contributed by atoms with Crippen LogP contribution < -0.4 is 0 Å². The summed E-state index contributed by atoms with van der Waals surface area (Å²) in [5.74, 6) is 0.841. The summed E-state index contributed by atoms with van der Waals surface area (Å²) in [5, 5.41) is 0. The molecule has 5 unspecified atom stereocenters. The van der Waals surface area contributed by atoms with Crippen molar-refractivity contribution in [3.05, 3.63) is 0 Å². The Kier molecular flexibility index (Phi) is 5.53. The second-order valence-electron chi connectivity index (χ2n) is 13.1. The van der Waals surface area contributed by atoms with Crippen molar-refractivity contribution < 1.29 is 33.4 Å². The van der Waals surface area contributed by atoms with E-state index < -0.39 is 5.54 Å². The van der Waals surface area contributed by atoms with Crippen molar-refractivity contribution in [2.75, 3.05) is 13.2 Å². The normalized spacial score (nSPS) is 47.4. The van der Waals surface area contributed by atoms with Crippen molar-refractivity contribution in [1.82, 2.24) is 9.80 Å². The zero-order valence-corrected chi connectivity index (χ0v) is 23.6. The van der Waals surface area contributed by atoms with E-state index in [0.717, 1.165) is 38.5 Å². The third kappa shape index (κ3) is 2.83. The highest BCUT2D eigenvalue weighted by Gasteiger charge is 2.87. The van der Waals surface area contributed by atoms with E-state index in [1.54, 1.807) is 18.7 Å². The lowest BCUT2D eigenvalue weighted by Crippen LogP contribution is -2.61. The molecule has 9 nitrogen and oxygen atoms in total.